The Balaban J connectivity index is 1.92. The first kappa shape index (κ1) is 24.2. The number of hydrogen-bond donors (Lipinski definition) is 1. The third-order valence-corrected chi connectivity index (χ3v) is 5.78. The van der Waals surface area contributed by atoms with E-state index in [1.165, 1.54) is 18.2 Å². The zero-order valence-corrected chi connectivity index (χ0v) is 20.1. The van der Waals surface area contributed by atoms with Crippen LogP contribution in [-0.2, 0) is 17.6 Å². The summed E-state index contributed by atoms with van der Waals surface area (Å²) in [5.74, 6) is -0.164. The van der Waals surface area contributed by atoms with Gasteiger partial charge in [-0.25, -0.2) is 4.39 Å². The van der Waals surface area contributed by atoms with Crippen LogP contribution in [0.4, 0.5) is 10.1 Å². The lowest BCUT2D eigenvalue weighted by atomic mass is 10.0. The second-order valence-electron chi connectivity index (χ2n) is 7.35. The third kappa shape index (κ3) is 6.30. The van der Waals surface area contributed by atoms with Crippen molar-refractivity contribution >= 4 is 33.6 Å². The summed E-state index contributed by atoms with van der Waals surface area (Å²) in [7, 11) is 0. The molecule has 0 aliphatic rings. The average Bonchev–Trinajstić information content (AvgIpc) is 2.80. The topological polar surface area (TPSA) is 62.1 Å². The first-order valence-corrected chi connectivity index (χ1v) is 11.4. The van der Waals surface area contributed by atoms with Gasteiger partial charge in [0.05, 0.1) is 6.61 Å². The number of hydrogen-bond acceptors (Lipinski definition) is 3. The van der Waals surface area contributed by atoms with Crippen LogP contribution in [0.25, 0.3) is 6.08 Å². The predicted octanol–water partition coefficient (Wildman–Crippen LogP) is 6.69. The van der Waals surface area contributed by atoms with E-state index in [-0.39, 0.29) is 11.4 Å². The fourth-order valence-electron chi connectivity index (χ4n) is 3.48. The number of ether oxygens (including phenoxy) is 1. The fourth-order valence-corrected chi connectivity index (χ4v) is 4.08. The van der Waals surface area contributed by atoms with Gasteiger partial charge in [-0.15, -0.1) is 0 Å². The molecular formula is C27H24BrFN2O2. The molecule has 1 amide bonds. The summed E-state index contributed by atoms with van der Waals surface area (Å²) in [5, 5.41) is 12.5. The predicted molar refractivity (Wildman–Crippen MR) is 133 cm³/mol. The molecule has 6 heteroatoms. The van der Waals surface area contributed by atoms with Gasteiger partial charge in [0.2, 0.25) is 0 Å². The molecule has 168 valence electrons. The van der Waals surface area contributed by atoms with E-state index in [0.29, 0.717) is 30.0 Å². The van der Waals surface area contributed by atoms with Crippen LogP contribution < -0.4 is 10.1 Å². The number of nitrogens with one attached hydrogen (secondary N) is 1. The molecule has 0 fully saturated rings. The van der Waals surface area contributed by atoms with Crippen LogP contribution in [0.15, 0.2) is 70.7 Å². The lowest BCUT2D eigenvalue weighted by Gasteiger charge is -2.14. The number of nitriles is 1. The molecule has 33 heavy (non-hydrogen) atoms. The van der Waals surface area contributed by atoms with Gasteiger partial charge in [0.1, 0.15) is 23.2 Å². The Hall–Kier alpha value is -3.43. The molecule has 0 bridgehead atoms. The molecule has 0 heterocycles. The maximum absolute atomic E-state index is 13.6. The highest BCUT2D eigenvalue weighted by Crippen LogP contribution is 2.32. The monoisotopic (exact) mass is 506 g/mol. The number of anilines is 1. The Morgan fingerprint density at radius 3 is 2.64 bits per heavy atom. The largest absolute Gasteiger partial charge is 0.494 e. The van der Waals surface area contributed by atoms with Crippen LogP contribution >= 0.6 is 15.9 Å². The van der Waals surface area contributed by atoms with Gasteiger partial charge < -0.3 is 10.1 Å². The smallest absolute Gasteiger partial charge is 0.266 e. The van der Waals surface area contributed by atoms with Crippen LogP contribution in [0.2, 0.25) is 0 Å². The summed E-state index contributed by atoms with van der Waals surface area (Å²) in [4.78, 5) is 12.8. The Morgan fingerprint density at radius 2 is 1.94 bits per heavy atom. The van der Waals surface area contributed by atoms with Crippen molar-refractivity contribution in [2.24, 2.45) is 0 Å². The molecule has 4 nitrogen and oxygen atoms in total. The fraction of sp³-hybridized carbons (Fsp3) is 0.185. The first-order valence-electron chi connectivity index (χ1n) is 10.7. The van der Waals surface area contributed by atoms with Crippen molar-refractivity contribution in [2.75, 3.05) is 11.9 Å². The van der Waals surface area contributed by atoms with Crippen molar-refractivity contribution in [3.05, 3.63) is 98.8 Å². The van der Waals surface area contributed by atoms with Crippen molar-refractivity contribution in [1.29, 1.82) is 5.26 Å². The summed E-state index contributed by atoms with van der Waals surface area (Å²) in [6.07, 6.45) is 2.76. The molecule has 3 aromatic carbocycles. The molecule has 0 aliphatic carbocycles. The molecule has 0 saturated heterocycles. The average molecular weight is 507 g/mol. The quantitative estimate of drug-likeness (QED) is 0.273. The zero-order chi connectivity index (χ0) is 23.8. The first-order chi connectivity index (χ1) is 15.9. The molecule has 0 spiro atoms. The number of aryl methyl sites for hydroxylation is 1. The Morgan fingerprint density at radius 1 is 1.15 bits per heavy atom. The number of nitrogens with zero attached hydrogens (tertiary/aromatic N) is 1. The second kappa shape index (κ2) is 11.4. The summed E-state index contributed by atoms with van der Waals surface area (Å²) in [5.41, 5.74) is 3.97. The SMILES string of the molecule is CCOc1cc(/C=C(\C#N)C(=O)Nc2ccccc2CC)cc(Br)c1Cc1cccc(F)c1. The standard InChI is InChI=1S/C27H24BrFN2O2/c1-3-20-9-5-6-11-25(20)31-27(32)21(17-30)12-19-15-24(28)23(26(16-19)33-4-2)14-18-8-7-10-22(29)13-18/h5-13,15-16H,3-4,14H2,1-2H3,(H,31,32)/b21-12+. The zero-order valence-electron chi connectivity index (χ0n) is 18.5. The van der Waals surface area contributed by atoms with Gasteiger partial charge in [-0.05, 0) is 66.4 Å². The Labute approximate surface area is 201 Å². The molecule has 0 radical (unpaired) electrons. The number of halogens is 2. The summed E-state index contributed by atoms with van der Waals surface area (Å²) < 4.78 is 20.2. The van der Waals surface area contributed by atoms with E-state index in [1.54, 1.807) is 12.1 Å². The van der Waals surface area contributed by atoms with Gasteiger partial charge in [0, 0.05) is 22.1 Å². The van der Waals surface area contributed by atoms with Crippen molar-refractivity contribution in [3.8, 4) is 11.8 Å². The van der Waals surface area contributed by atoms with Gasteiger partial charge >= 0.3 is 0 Å². The van der Waals surface area contributed by atoms with E-state index in [2.05, 4.69) is 21.2 Å². The second-order valence-corrected chi connectivity index (χ2v) is 8.21. The van der Waals surface area contributed by atoms with E-state index >= 15 is 0 Å². The molecule has 3 rings (SSSR count). The minimum Gasteiger partial charge on any atom is -0.494 e. The summed E-state index contributed by atoms with van der Waals surface area (Å²) in [6.45, 7) is 4.32. The highest BCUT2D eigenvalue weighted by molar-refractivity contribution is 9.10. The number of para-hydroxylation sites is 1. The maximum atomic E-state index is 13.6. The number of carbonyl (C=O) groups is 1. The van der Waals surface area contributed by atoms with Crippen LogP contribution in [0.3, 0.4) is 0 Å². The van der Waals surface area contributed by atoms with E-state index in [1.807, 2.05) is 56.3 Å². The molecule has 1 N–H and O–H groups in total. The minimum absolute atomic E-state index is 0.0202. The molecule has 0 aromatic heterocycles. The summed E-state index contributed by atoms with van der Waals surface area (Å²) >= 11 is 3.58. The van der Waals surface area contributed by atoms with Crippen LogP contribution in [0.1, 0.15) is 36.1 Å². The molecule has 3 aromatic rings. The molecule has 0 aliphatic heterocycles. The number of carbonyl (C=O) groups excluding carboxylic acids is 1. The number of rotatable bonds is 8. The highest BCUT2D eigenvalue weighted by atomic mass is 79.9. The lowest BCUT2D eigenvalue weighted by Crippen LogP contribution is -2.14. The Bertz CT molecular complexity index is 1230. The van der Waals surface area contributed by atoms with Crippen molar-refractivity contribution in [2.45, 2.75) is 26.7 Å². The van der Waals surface area contributed by atoms with Gasteiger partial charge in [-0.2, -0.15) is 5.26 Å². The van der Waals surface area contributed by atoms with E-state index in [0.717, 1.165) is 27.6 Å². The molecular weight excluding hydrogens is 483 g/mol. The van der Waals surface area contributed by atoms with Gasteiger partial charge in [-0.1, -0.05) is 53.2 Å². The van der Waals surface area contributed by atoms with E-state index in [4.69, 9.17) is 4.74 Å². The number of benzene rings is 3. The molecule has 0 unspecified atom stereocenters. The van der Waals surface area contributed by atoms with Crippen molar-refractivity contribution < 1.29 is 13.9 Å². The van der Waals surface area contributed by atoms with Crippen LogP contribution in [0, 0.1) is 17.1 Å². The van der Waals surface area contributed by atoms with Gasteiger partial charge in [0.25, 0.3) is 5.91 Å². The normalized spacial score (nSPS) is 11.1. The molecule has 0 atom stereocenters. The van der Waals surface area contributed by atoms with Gasteiger partial charge in [0.15, 0.2) is 0 Å². The van der Waals surface area contributed by atoms with E-state index < -0.39 is 5.91 Å². The van der Waals surface area contributed by atoms with Crippen LogP contribution in [-0.4, -0.2) is 12.5 Å². The number of amides is 1. The lowest BCUT2D eigenvalue weighted by molar-refractivity contribution is -0.112. The van der Waals surface area contributed by atoms with Gasteiger partial charge in [-0.3, -0.25) is 4.79 Å². The maximum Gasteiger partial charge on any atom is 0.266 e. The Kier molecular flexibility index (Phi) is 8.39. The third-order valence-electron chi connectivity index (χ3n) is 5.07. The minimum atomic E-state index is -0.476. The van der Waals surface area contributed by atoms with Crippen LogP contribution in [0.5, 0.6) is 5.75 Å². The van der Waals surface area contributed by atoms with E-state index in [9.17, 15) is 14.4 Å². The van der Waals surface area contributed by atoms with Crippen molar-refractivity contribution in [1.82, 2.24) is 0 Å². The molecule has 0 saturated carbocycles. The van der Waals surface area contributed by atoms with Crippen molar-refractivity contribution in [3.63, 3.8) is 0 Å². The highest BCUT2D eigenvalue weighted by Gasteiger charge is 2.15. The summed E-state index contributed by atoms with van der Waals surface area (Å²) in [6, 6.07) is 19.5.